The van der Waals surface area contributed by atoms with Crippen molar-refractivity contribution in [3.05, 3.63) is 65.2 Å². The van der Waals surface area contributed by atoms with Crippen molar-refractivity contribution in [3.8, 4) is 0 Å². The fraction of sp³-hybridized carbons (Fsp3) is 0.481. The first-order valence-electron chi connectivity index (χ1n) is 12.1. The van der Waals surface area contributed by atoms with Gasteiger partial charge in [0.05, 0.1) is 11.9 Å². The number of hydrogen-bond acceptors (Lipinski definition) is 4. The van der Waals surface area contributed by atoms with Crippen LogP contribution in [0.5, 0.6) is 0 Å². The molecule has 0 aromatic heterocycles. The van der Waals surface area contributed by atoms with Crippen molar-refractivity contribution < 1.29 is 18.0 Å². The first-order chi connectivity index (χ1) is 16.4. The van der Waals surface area contributed by atoms with E-state index in [1.54, 1.807) is 17.9 Å². The van der Waals surface area contributed by atoms with Crippen LogP contribution >= 0.6 is 0 Å². The largest absolute Gasteiger partial charge is 0.354 e. The molecule has 1 atom stereocenters. The minimum atomic E-state index is -3.52. The molecule has 2 rings (SSSR count). The van der Waals surface area contributed by atoms with Crippen LogP contribution in [0.1, 0.15) is 50.3 Å². The lowest BCUT2D eigenvalue weighted by atomic mass is 10.1. The average molecular weight is 502 g/mol. The Morgan fingerprint density at radius 3 is 2.20 bits per heavy atom. The SMILES string of the molecule is Cc1ccc(N(CCCC(=O)N(Cc2ccccc2)[C@@H](C)C(=O)NCC(C)C)S(C)(=O)=O)cc1C. The highest BCUT2D eigenvalue weighted by molar-refractivity contribution is 7.92. The topological polar surface area (TPSA) is 86.8 Å². The second kappa shape index (κ2) is 12.7. The van der Waals surface area contributed by atoms with E-state index in [2.05, 4.69) is 5.32 Å². The Morgan fingerprint density at radius 2 is 1.63 bits per heavy atom. The van der Waals surface area contributed by atoms with E-state index in [1.165, 1.54) is 10.6 Å². The van der Waals surface area contributed by atoms with Crippen LogP contribution in [0.15, 0.2) is 48.5 Å². The summed E-state index contributed by atoms with van der Waals surface area (Å²) in [5.74, 6) is -0.0812. The number of amides is 2. The lowest BCUT2D eigenvalue weighted by Gasteiger charge is -2.29. The van der Waals surface area contributed by atoms with Crippen LogP contribution in [0.25, 0.3) is 0 Å². The Labute approximate surface area is 210 Å². The van der Waals surface area contributed by atoms with Crippen LogP contribution < -0.4 is 9.62 Å². The Balaban J connectivity index is 2.14. The molecule has 2 aromatic rings. The van der Waals surface area contributed by atoms with Crippen LogP contribution in [-0.2, 0) is 26.2 Å². The molecule has 0 heterocycles. The van der Waals surface area contributed by atoms with E-state index in [0.29, 0.717) is 31.1 Å². The predicted molar refractivity (Wildman–Crippen MR) is 142 cm³/mol. The number of benzene rings is 2. The molecule has 0 radical (unpaired) electrons. The van der Waals surface area contributed by atoms with Gasteiger partial charge in [-0.25, -0.2) is 8.42 Å². The van der Waals surface area contributed by atoms with Crippen LogP contribution in [0.2, 0.25) is 0 Å². The zero-order valence-electron chi connectivity index (χ0n) is 21.7. The molecule has 0 aliphatic carbocycles. The molecule has 0 spiro atoms. The summed E-state index contributed by atoms with van der Waals surface area (Å²) in [5, 5.41) is 2.91. The molecule has 0 unspecified atom stereocenters. The molecule has 1 N–H and O–H groups in total. The number of carbonyl (C=O) groups excluding carboxylic acids is 2. The van der Waals surface area contributed by atoms with Crippen molar-refractivity contribution in [1.29, 1.82) is 0 Å². The maximum atomic E-state index is 13.3. The van der Waals surface area contributed by atoms with Crippen molar-refractivity contribution in [1.82, 2.24) is 10.2 Å². The fourth-order valence-electron chi connectivity index (χ4n) is 3.70. The van der Waals surface area contributed by atoms with Gasteiger partial charge in [0.15, 0.2) is 0 Å². The molecule has 35 heavy (non-hydrogen) atoms. The van der Waals surface area contributed by atoms with Crippen molar-refractivity contribution in [2.75, 3.05) is 23.7 Å². The van der Waals surface area contributed by atoms with E-state index in [4.69, 9.17) is 0 Å². The van der Waals surface area contributed by atoms with Gasteiger partial charge < -0.3 is 10.2 Å². The summed E-state index contributed by atoms with van der Waals surface area (Å²) in [6, 6.07) is 14.4. The summed E-state index contributed by atoms with van der Waals surface area (Å²) in [7, 11) is -3.52. The third-order valence-electron chi connectivity index (χ3n) is 5.98. The highest BCUT2D eigenvalue weighted by Gasteiger charge is 2.26. The van der Waals surface area contributed by atoms with Crippen molar-refractivity contribution in [2.24, 2.45) is 5.92 Å². The average Bonchev–Trinajstić information content (AvgIpc) is 2.80. The molecular weight excluding hydrogens is 462 g/mol. The van der Waals surface area contributed by atoms with Crippen molar-refractivity contribution in [2.45, 2.75) is 60.0 Å². The lowest BCUT2D eigenvalue weighted by molar-refractivity contribution is -0.140. The first kappa shape index (κ1) is 28.4. The highest BCUT2D eigenvalue weighted by Crippen LogP contribution is 2.22. The standard InChI is InChI=1S/C27H39N3O4S/c1-20(2)18-28-27(32)23(5)29(19-24-11-8-7-9-12-24)26(31)13-10-16-30(35(6,33)34)25-15-14-21(3)22(4)17-25/h7-9,11-12,14-15,17,20,23H,10,13,16,18-19H2,1-6H3,(H,28,32)/t23-/m0/s1. The summed E-state index contributed by atoms with van der Waals surface area (Å²) < 4.78 is 26.3. The molecule has 8 heteroatoms. The number of nitrogens with zero attached hydrogens (tertiary/aromatic N) is 2. The lowest BCUT2D eigenvalue weighted by Crippen LogP contribution is -2.48. The maximum absolute atomic E-state index is 13.3. The molecule has 192 valence electrons. The van der Waals surface area contributed by atoms with Gasteiger partial charge in [-0.2, -0.15) is 0 Å². The van der Waals surface area contributed by atoms with E-state index in [1.807, 2.05) is 70.2 Å². The first-order valence-corrected chi connectivity index (χ1v) is 13.9. The summed E-state index contributed by atoms with van der Waals surface area (Å²) in [5.41, 5.74) is 3.60. The molecule has 0 saturated heterocycles. The van der Waals surface area contributed by atoms with Gasteiger partial charge in [0.2, 0.25) is 21.8 Å². The molecule has 7 nitrogen and oxygen atoms in total. The van der Waals surface area contributed by atoms with E-state index >= 15 is 0 Å². The zero-order chi connectivity index (χ0) is 26.2. The quantitative estimate of drug-likeness (QED) is 0.476. The number of hydrogen-bond donors (Lipinski definition) is 1. The number of rotatable bonds is 12. The van der Waals surface area contributed by atoms with Gasteiger partial charge in [0.1, 0.15) is 6.04 Å². The van der Waals surface area contributed by atoms with Gasteiger partial charge in [-0.3, -0.25) is 13.9 Å². The number of nitrogens with one attached hydrogen (secondary N) is 1. The minimum absolute atomic E-state index is 0.130. The number of anilines is 1. The molecule has 0 saturated carbocycles. The van der Waals surface area contributed by atoms with E-state index in [9.17, 15) is 18.0 Å². The van der Waals surface area contributed by atoms with Gasteiger partial charge in [0, 0.05) is 26.1 Å². The van der Waals surface area contributed by atoms with Gasteiger partial charge in [-0.15, -0.1) is 0 Å². The van der Waals surface area contributed by atoms with Gasteiger partial charge in [-0.1, -0.05) is 50.2 Å². The smallest absolute Gasteiger partial charge is 0.242 e. The number of aryl methyl sites for hydroxylation is 2. The molecule has 2 aromatic carbocycles. The van der Waals surface area contributed by atoms with Crippen LogP contribution in [-0.4, -0.2) is 50.5 Å². The monoisotopic (exact) mass is 501 g/mol. The molecule has 0 bridgehead atoms. The van der Waals surface area contributed by atoms with Crippen LogP contribution in [0.4, 0.5) is 5.69 Å². The van der Waals surface area contributed by atoms with Gasteiger partial charge in [-0.05, 0) is 61.9 Å². The Kier molecular flexibility index (Phi) is 10.3. The molecule has 0 aliphatic rings. The van der Waals surface area contributed by atoms with Crippen molar-refractivity contribution in [3.63, 3.8) is 0 Å². The van der Waals surface area contributed by atoms with Crippen LogP contribution in [0, 0.1) is 19.8 Å². The number of carbonyl (C=O) groups is 2. The molecular formula is C27H39N3O4S. The zero-order valence-corrected chi connectivity index (χ0v) is 22.6. The van der Waals surface area contributed by atoms with Crippen molar-refractivity contribution >= 4 is 27.5 Å². The Hall–Kier alpha value is -2.87. The number of sulfonamides is 1. The minimum Gasteiger partial charge on any atom is -0.354 e. The molecule has 0 aliphatic heterocycles. The third kappa shape index (κ3) is 8.69. The summed E-state index contributed by atoms with van der Waals surface area (Å²) in [4.78, 5) is 27.6. The summed E-state index contributed by atoms with van der Waals surface area (Å²) in [6.45, 7) is 10.7. The molecule has 2 amide bonds. The van der Waals surface area contributed by atoms with Gasteiger partial charge in [0.25, 0.3) is 0 Å². The second-order valence-electron chi connectivity index (χ2n) is 9.53. The summed E-state index contributed by atoms with van der Waals surface area (Å²) in [6.07, 6.45) is 1.64. The predicted octanol–water partition coefficient (Wildman–Crippen LogP) is 4.04. The fourth-order valence-corrected chi connectivity index (χ4v) is 4.66. The Bertz CT molecular complexity index is 1100. The van der Waals surface area contributed by atoms with Gasteiger partial charge >= 0.3 is 0 Å². The highest BCUT2D eigenvalue weighted by atomic mass is 32.2. The van der Waals surface area contributed by atoms with Crippen LogP contribution in [0.3, 0.4) is 0 Å². The maximum Gasteiger partial charge on any atom is 0.242 e. The second-order valence-corrected chi connectivity index (χ2v) is 11.4. The Morgan fingerprint density at radius 1 is 0.971 bits per heavy atom. The third-order valence-corrected chi connectivity index (χ3v) is 7.17. The molecule has 0 fully saturated rings. The van der Waals surface area contributed by atoms with E-state index in [-0.39, 0.29) is 24.8 Å². The van der Waals surface area contributed by atoms with E-state index in [0.717, 1.165) is 16.7 Å². The summed E-state index contributed by atoms with van der Waals surface area (Å²) >= 11 is 0. The van der Waals surface area contributed by atoms with E-state index < -0.39 is 16.1 Å². The normalized spacial score (nSPS) is 12.3.